The third-order valence-corrected chi connectivity index (χ3v) is 5.65. The largest absolute Gasteiger partial charge is 0.302 e. The summed E-state index contributed by atoms with van der Waals surface area (Å²) < 4.78 is 0. The number of Topliss-reactive ketones (excluding diaryl/α,β-unsaturated/α-hetero) is 1. The molecule has 2 aliphatic rings. The van der Waals surface area contributed by atoms with Gasteiger partial charge in [0.1, 0.15) is 5.78 Å². The Hall–Kier alpha value is -0.370. The maximum atomic E-state index is 12.3. The molecular formula is C16H29NO. The highest BCUT2D eigenvalue weighted by molar-refractivity contribution is 5.88. The molecule has 0 aromatic carbocycles. The molecule has 0 bridgehead atoms. The van der Waals surface area contributed by atoms with E-state index in [0.717, 1.165) is 19.4 Å². The first-order chi connectivity index (χ1) is 8.42. The van der Waals surface area contributed by atoms with Crippen LogP contribution in [0, 0.1) is 16.7 Å². The number of ketones is 1. The minimum absolute atomic E-state index is 0.0585. The van der Waals surface area contributed by atoms with Crippen molar-refractivity contribution in [1.82, 2.24) is 4.90 Å². The number of carbonyl (C=O) groups is 1. The molecule has 1 aliphatic carbocycles. The average Bonchev–Trinajstić information content (AvgIpc) is 2.87. The second-order valence-corrected chi connectivity index (χ2v) is 7.18. The van der Waals surface area contributed by atoms with E-state index in [1.165, 1.54) is 32.4 Å². The SMILES string of the molecule is CCC1(CC)CCN(CC2CCC(C)(C)C2=O)C1. The summed E-state index contributed by atoms with van der Waals surface area (Å²) in [6.07, 6.45) is 6.07. The highest BCUT2D eigenvalue weighted by Gasteiger charge is 2.43. The summed E-state index contributed by atoms with van der Waals surface area (Å²) in [4.78, 5) is 14.8. The molecule has 0 N–H and O–H groups in total. The van der Waals surface area contributed by atoms with E-state index in [1.54, 1.807) is 0 Å². The van der Waals surface area contributed by atoms with Crippen LogP contribution in [0.15, 0.2) is 0 Å². The van der Waals surface area contributed by atoms with Gasteiger partial charge in [-0.2, -0.15) is 0 Å². The van der Waals surface area contributed by atoms with E-state index in [1.807, 2.05) is 0 Å². The quantitative estimate of drug-likeness (QED) is 0.762. The molecule has 1 heterocycles. The van der Waals surface area contributed by atoms with E-state index < -0.39 is 0 Å². The maximum absolute atomic E-state index is 12.3. The predicted molar refractivity (Wildman–Crippen MR) is 75.6 cm³/mol. The van der Waals surface area contributed by atoms with Gasteiger partial charge in [0.05, 0.1) is 0 Å². The Bertz CT molecular complexity index is 317. The summed E-state index contributed by atoms with van der Waals surface area (Å²) in [5.74, 6) is 0.817. The fraction of sp³-hybridized carbons (Fsp3) is 0.938. The fourth-order valence-electron chi connectivity index (χ4n) is 3.84. The molecule has 0 aromatic rings. The molecule has 1 unspecified atom stereocenters. The van der Waals surface area contributed by atoms with E-state index in [9.17, 15) is 4.79 Å². The summed E-state index contributed by atoms with van der Waals surface area (Å²) in [5.41, 5.74) is 0.480. The first-order valence-corrected chi connectivity index (χ1v) is 7.69. The van der Waals surface area contributed by atoms with Crippen LogP contribution in [0.5, 0.6) is 0 Å². The number of nitrogens with zero attached hydrogens (tertiary/aromatic N) is 1. The van der Waals surface area contributed by atoms with Crippen molar-refractivity contribution in [3.05, 3.63) is 0 Å². The van der Waals surface area contributed by atoms with Gasteiger partial charge >= 0.3 is 0 Å². The van der Waals surface area contributed by atoms with Crippen molar-refractivity contribution >= 4 is 5.78 Å². The Morgan fingerprint density at radius 3 is 2.33 bits per heavy atom. The summed E-state index contributed by atoms with van der Waals surface area (Å²) in [7, 11) is 0. The molecule has 2 fully saturated rings. The first kappa shape index (κ1) is 14.0. The second kappa shape index (κ2) is 4.96. The molecular weight excluding hydrogens is 222 g/mol. The minimum Gasteiger partial charge on any atom is -0.302 e. The van der Waals surface area contributed by atoms with E-state index in [0.29, 0.717) is 17.1 Å². The molecule has 0 spiro atoms. The van der Waals surface area contributed by atoms with Gasteiger partial charge in [0.25, 0.3) is 0 Å². The Morgan fingerprint density at radius 1 is 1.22 bits per heavy atom. The number of rotatable bonds is 4. The molecule has 1 aliphatic heterocycles. The van der Waals surface area contributed by atoms with Gasteiger partial charge in [0.2, 0.25) is 0 Å². The van der Waals surface area contributed by atoms with Gasteiger partial charge in [-0.1, -0.05) is 27.7 Å². The molecule has 2 heteroatoms. The minimum atomic E-state index is -0.0585. The molecule has 0 amide bonds. The Morgan fingerprint density at radius 2 is 1.89 bits per heavy atom. The van der Waals surface area contributed by atoms with E-state index >= 15 is 0 Å². The summed E-state index contributed by atoms with van der Waals surface area (Å²) in [6.45, 7) is 12.3. The van der Waals surface area contributed by atoms with Crippen LogP contribution in [0.1, 0.15) is 59.8 Å². The lowest BCUT2D eigenvalue weighted by atomic mass is 9.82. The van der Waals surface area contributed by atoms with Crippen LogP contribution in [0.2, 0.25) is 0 Å². The molecule has 1 saturated heterocycles. The molecule has 1 atom stereocenters. The lowest BCUT2D eigenvalue weighted by Crippen LogP contribution is -2.34. The van der Waals surface area contributed by atoms with Crippen LogP contribution in [0.3, 0.4) is 0 Å². The third kappa shape index (κ3) is 2.49. The molecule has 0 radical (unpaired) electrons. The average molecular weight is 251 g/mol. The molecule has 18 heavy (non-hydrogen) atoms. The smallest absolute Gasteiger partial charge is 0.142 e. The van der Waals surface area contributed by atoms with Crippen molar-refractivity contribution in [2.24, 2.45) is 16.7 Å². The van der Waals surface area contributed by atoms with Crippen molar-refractivity contribution in [1.29, 1.82) is 0 Å². The van der Waals surface area contributed by atoms with Crippen LogP contribution in [-0.4, -0.2) is 30.3 Å². The highest BCUT2D eigenvalue weighted by atomic mass is 16.1. The van der Waals surface area contributed by atoms with E-state index in [-0.39, 0.29) is 5.41 Å². The molecule has 2 rings (SSSR count). The summed E-state index contributed by atoms with van der Waals surface area (Å²) in [5, 5.41) is 0. The van der Waals surface area contributed by atoms with Crippen molar-refractivity contribution < 1.29 is 4.79 Å². The molecule has 2 nitrogen and oxygen atoms in total. The van der Waals surface area contributed by atoms with Crippen LogP contribution in [0.4, 0.5) is 0 Å². The number of carbonyl (C=O) groups excluding carboxylic acids is 1. The maximum Gasteiger partial charge on any atom is 0.142 e. The standard InChI is InChI=1S/C16H29NO/c1-5-16(6-2)9-10-17(12-16)11-13-7-8-15(3,4)14(13)18/h13H,5-12H2,1-4H3. The lowest BCUT2D eigenvalue weighted by Gasteiger charge is -2.27. The van der Waals surface area contributed by atoms with Crippen LogP contribution in [0.25, 0.3) is 0 Å². The Balaban J connectivity index is 1.91. The van der Waals surface area contributed by atoms with Crippen molar-refractivity contribution in [3.8, 4) is 0 Å². The van der Waals surface area contributed by atoms with Crippen molar-refractivity contribution in [2.75, 3.05) is 19.6 Å². The van der Waals surface area contributed by atoms with Crippen LogP contribution in [-0.2, 0) is 4.79 Å². The van der Waals surface area contributed by atoms with Crippen molar-refractivity contribution in [3.63, 3.8) is 0 Å². The molecule has 104 valence electrons. The fourth-order valence-corrected chi connectivity index (χ4v) is 3.84. The Kier molecular flexibility index (Phi) is 3.87. The van der Waals surface area contributed by atoms with Crippen LogP contribution >= 0.6 is 0 Å². The number of likely N-dealkylation sites (tertiary alicyclic amines) is 1. The van der Waals surface area contributed by atoms with Gasteiger partial charge in [-0.15, -0.1) is 0 Å². The molecule has 1 saturated carbocycles. The van der Waals surface area contributed by atoms with E-state index in [2.05, 4.69) is 32.6 Å². The van der Waals surface area contributed by atoms with E-state index in [4.69, 9.17) is 0 Å². The van der Waals surface area contributed by atoms with Gasteiger partial charge < -0.3 is 4.90 Å². The lowest BCUT2D eigenvalue weighted by molar-refractivity contribution is -0.127. The number of hydrogen-bond acceptors (Lipinski definition) is 2. The topological polar surface area (TPSA) is 20.3 Å². The normalized spacial score (nSPS) is 31.1. The second-order valence-electron chi connectivity index (χ2n) is 7.18. The summed E-state index contributed by atoms with van der Waals surface area (Å²) in [6, 6.07) is 0. The zero-order valence-corrected chi connectivity index (χ0v) is 12.6. The van der Waals surface area contributed by atoms with Gasteiger partial charge in [-0.3, -0.25) is 4.79 Å². The highest BCUT2D eigenvalue weighted by Crippen LogP contribution is 2.41. The molecule has 0 aromatic heterocycles. The van der Waals surface area contributed by atoms with Crippen molar-refractivity contribution in [2.45, 2.75) is 59.8 Å². The monoisotopic (exact) mass is 251 g/mol. The summed E-state index contributed by atoms with van der Waals surface area (Å²) >= 11 is 0. The Labute approximate surface area is 112 Å². The zero-order valence-electron chi connectivity index (χ0n) is 12.6. The van der Waals surface area contributed by atoms with Gasteiger partial charge in [0.15, 0.2) is 0 Å². The number of hydrogen-bond donors (Lipinski definition) is 0. The first-order valence-electron chi connectivity index (χ1n) is 7.69. The van der Waals surface area contributed by atoms with Crippen LogP contribution < -0.4 is 0 Å². The van der Waals surface area contributed by atoms with Gasteiger partial charge in [-0.05, 0) is 44.1 Å². The zero-order chi connectivity index (χ0) is 13.4. The third-order valence-electron chi connectivity index (χ3n) is 5.65. The van der Waals surface area contributed by atoms with Gasteiger partial charge in [-0.25, -0.2) is 0 Å². The predicted octanol–water partition coefficient (Wildman–Crippen LogP) is 3.50. The van der Waals surface area contributed by atoms with Gasteiger partial charge in [0, 0.05) is 24.4 Å².